The lowest BCUT2D eigenvalue weighted by atomic mass is 10.0. The molecular formula is C30H28N2O7S2. The summed E-state index contributed by atoms with van der Waals surface area (Å²) in [5, 5.41) is 9.78. The van der Waals surface area contributed by atoms with Gasteiger partial charge in [-0.25, -0.2) is 21.6 Å². The maximum absolute atomic E-state index is 13.4. The molecule has 0 amide bonds. The lowest BCUT2D eigenvalue weighted by Gasteiger charge is -2.30. The van der Waals surface area contributed by atoms with Crippen LogP contribution in [0.25, 0.3) is 0 Å². The Labute approximate surface area is 239 Å². The molecule has 0 unspecified atom stereocenters. The Morgan fingerprint density at radius 2 is 1.39 bits per heavy atom. The van der Waals surface area contributed by atoms with E-state index >= 15 is 0 Å². The highest BCUT2D eigenvalue weighted by Gasteiger charge is 2.29. The zero-order valence-corrected chi connectivity index (χ0v) is 24.0. The van der Waals surface area contributed by atoms with E-state index in [4.69, 9.17) is 4.74 Å². The van der Waals surface area contributed by atoms with Crippen molar-refractivity contribution in [2.24, 2.45) is 0 Å². The quantitative estimate of drug-likeness (QED) is 0.267. The van der Waals surface area contributed by atoms with Crippen LogP contribution in [0.1, 0.15) is 33.5 Å². The fourth-order valence-electron chi connectivity index (χ4n) is 4.60. The second-order valence-corrected chi connectivity index (χ2v) is 13.4. The number of ether oxygens (including phenoxy) is 1. The highest BCUT2D eigenvalue weighted by Crippen LogP contribution is 2.36. The molecule has 9 nitrogen and oxygen atoms in total. The maximum atomic E-state index is 13.4. The molecule has 0 bridgehead atoms. The molecule has 4 aromatic carbocycles. The van der Waals surface area contributed by atoms with E-state index in [9.17, 15) is 26.7 Å². The van der Waals surface area contributed by atoms with E-state index in [1.807, 2.05) is 13.8 Å². The molecular weight excluding hydrogens is 564 g/mol. The number of carbonyl (C=O) groups is 1. The van der Waals surface area contributed by atoms with Gasteiger partial charge in [-0.2, -0.15) is 0 Å². The summed E-state index contributed by atoms with van der Waals surface area (Å²) in [5.74, 6) is -0.761. The third-order valence-corrected chi connectivity index (χ3v) is 9.98. The summed E-state index contributed by atoms with van der Waals surface area (Å²) in [6.45, 7) is 4.08. The SMILES string of the molecule is Cc1ccc(S(=O)(=O)Nc2ccc(Oc3ccc4c(c3)CCCN4S(=O)(=O)c3ccc(C)cc3)cc2C(=O)O)cc1. The molecule has 11 heteroatoms. The Kier molecular flexibility index (Phi) is 7.50. The first kappa shape index (κ1) is 28.2. The zero-order valence-electron chi connectivity index (χ0n) is 22.4. The number of aryl methyl sites for hydroxylation is 3. The van der Waals surface area contributed by atoms with Crippen molar-refractivity contribution < 1.29 is 31.5 Å². The summed E-state index contributed by atoms with van der Waals surface area (Å²) in [5.41, 5.74) is 2.81. The second-order valence-electron chi connectivity index (χ2n) is 9.82. The van der Waals surface area contributed by atoms with Gasteiger partial charge in [0.25, 0.3) is 20.0 Å². The fourth-order valence-corrected chi connectivity index (χ4v) is 7.22. The van der Waals surface area contributed by atoms with Crippen LogP contribution >= 0.6 is 0 Å². The normalized spacial score (nSPS) is 13.4. The lowest BCUT2D eigenvalue weighted by molar-refractivity contribution is 0.0697. The number of rotatable bonds is 8. The van der Waals surface area contributed by atoms with E-state index in [1.165, 1.54) is 34.6 Å². The van der Waals surface area contributed by atoms with Crippen LogP contribution in [-0.2, 0) is 26.5 Å². The Hall–Kier alpha value is -4.35. The smallest absolute Gasteiger partial charge is 0.337 e. The minimum atomic E-state index is -4.02. The third-order valence-electron chi connectivity index (χ3n) is 6.77. The predicted molar refractivity (Wildman–Crippen MR) is 156 cm³/mol. The second kappa shape index (κ2) is 10.9. The molecule has 1 heterocycles. The summed E-state index contributed by atoms with van der Waals surface area (Å²) >= 11 is 0. The van der Waals surface area contributed by atoms with E-state index in [0.29, 0.717) is 30.8 Å². The van der Waals surface area contributed by atoms with E-state index in [0.717, 1.165) is 16.7 Å². The zero-order chi connectivity index (χ0) is 29.4. The molecule has 0 saturated heterocycles. The molecule has 0 saturated carbocycles. The molecule has 0 aromatic heterocycles. The predicted octanol–water partition coefficient (Wildman–Crippen LogP) is 5.74. The fraction of sp³-hybridized carbons (Fsp3) is 0.167. The number of benzene rings is 4. The molecule has 0 atom stereocenters. The minimum Gasteiger partial charge on any atom is -0.478 e. The summed E-state index contributed by atoms with van der Waals surface area (Å²) in [6.07, 6.45) is 1.27. The summed E-state index contributed by atoms with van der Waals surface area (Å²) < 4.78 is 62.0. The van der Waals surface area contributed by atoms with Gasteiger partial charge in [0, 0.05) is 6.54 Å². The summed E-state index contributed by atoms with van der Waals surface area (Å²) in [4.78, 5) is 12.2. The van der Waals surface area contributed by atoms with Gasteiger partial charge in [-0.05, 0) is 92.9 Å². The number of fused-ring (bicyclic) bond motifs is 1. The van der Waals surface area contributed by atoms with E-state index in [-0.39, 0.29) is 26.8 Å². The van der Waals surface area contributed by atoms with E-state index in [1.54, 1.807) is 54.6 Å². The van der Waals surface area contributed by atoms with Crippen LogP contribution in [0.2, 0.25) is 0 Å². The van der Waals surface area contributed by atoms with Gasteiger partial charge in [-0.1, -0.05) is 35.4 Å². The molecule has 0 fully saturated rings. The van der Waals surface area contributed by atoms with Crippen molar-refractivity contribution in [1.82, 2.24) is 0 Å². The van der Waals surface area contributed by atoms with Crippen LogP contribution in [0, 0.1) is 13.8 Å². The monoisotopic (exact) mass is 592 g/mol. The molecule has 5 rings (SSSR count). The molecule has 2 N–H and O–H groups in total. The van der Waals surface area contributed by atoms with Crippen molar-refractivity contribution in [2.75, 3.05) is 15.6 Å². The van der Waals surface area contributed by atoms with Crippen molar-refractivity contribution in [1.29, 1.82) is 0 Å². The van der Waals surface area contributed by atoms with Crippen molar-refractivity contribution >= 4 is 37.4 Å². The van der Waals surface area contributed by atoms with Gasteiger partial charge in [-0.3, -0.25) is 9.03 Å². The first-order valence-corrected chi connectivity index (χ1v) is 15.7. The molecule has 212 valence electrons. The highest BCUT2D eigenvalue weighted by molar-refractivity contribution is 7.93. The molecule has 1 aliphatic heterocycles. The standard InChI is InChI=1S/C30H28N2O7S2/c1-20-5-11-25(12-6-20)40(35,36)31-28-15-9-24(19-27(28)30(33)34)39-23-10-16-29-22(18-23)4-3-17-32(29)41(37,38)26-13-7-21(2)8-14-26/h5-16,18-19,31H,3-4,17H2,1-2H3,(H,33,34). The molecule has 1 aliphatic rings. The number of anilines is 2. The van der Waals surface area contributed by atoms with Crippen molar-refractivity contribution in [3.05, 3.63) is 107 Å². The Morgan fingerprint density at radius 1 is 0.805 bits per heavy atom. The molecule has 4 aromatic rings. The van der Waals surface area contributed by atoms with Gasteiger partial charge in [0.15, 0.2) is 0 Å². The number of sulfonamides is 2. The number of nitrogens with zero attached hydrogens (tertiary/aromatic N) is 1. The number of nitrogens with one attached hydrogen (secondary N) is 1. The van der Waals surface area contributed by atoms with Gasteiger partial charge < -0.3 is 9.84 Å². The first-order valence-electron chi connectivity index (χ1n) is 12.8. The van der Waals surface area contributed by atoms with Gasteiger partial charge in [0.05, 0.1) is 26.7 Å². The average molecular weight is 593 g/mol. The number of hydrogen-bond donors (Lipinski definition) is 2. The lowest BCUT2D eigenvalue weighted by Crippen LogP contribution is -2.35. The minimum absolute atomic E-state index is 0.00672. The third kappa shape index (κ3) is 5.91. The van der Waals surface area contributed by atoms with Crippen LogP contribution in [0.15, 0.2) is 94.7 Å². The van der Waals surface area contributed by atoms with E-state index in [2.05, 4.69) is 4.72 Å². The largest absolute Gasteiger partial charge is 0.478 e. The maximum Gasteiger partial charge on any atom is 0.337 e. The Morgan fingerprint density at radius 3 is 2.02 bits per heavy atom. The molecule has 0 aliphatic carbocycles. The Bertz CT molecular complexity index is 1840. The van der Waals surface area contributed by atoms with Gasteiger partial charge in [0.2, 0.25) is 0 Å². The number of carboxylic acid groups (broad SMARTS) is 1. The summed E-state index contributed by atoms with van der Waals surface area (Å²) in [7, 11) is -7.77. The van der Waals surface area contributed by atoms with Crippen LogP contribution in [-0.4, -0.2) is 34.5 Å². The number of carboxylic acids is 1. The van der Waals surface area contributed by atoms with Crippen LogP contribution in [0.3, 0.4) is 0 Å². The molecule has 41 heavy (non-hydrogen) atoms. The van der Waals surface area contributed by atoms with Crippen molar-refractivity contribution in [3.8, 4) is 11.5 Å². The van der Waals surface area contributed by atoms with Crippen LogP contribution in [0.4, 0.5) is 11.4 Å². The van der Waals surface area contributed by atoms with Crippen LogP contribution in [0.5, 0.6) is 11.5 Å². The topological polar surface area (TPSA) is 130 Å². The van der Waals surface area contributed by atoms with Gasteiger partial charge in [-0.15, -0.1) is 0 Å². The van der Waals surface area contributed by atoms with Crippen molar-refractivity contribution in [3.63, 3.8) is 0 Å². The summed E-state index contributed by atoms with van der Waals surface area (Å²) in [6, 6.07) is 22.0. The first-order chi connectivity index (χ1) is 19.4. The molecule has 0 radical (unpaired) electrons. The van der Waals surface area contributed by atoms with E-state index < -0.39 is 26.0 Å². The number of hydrogen-bond acceptors (Lipinski definition) is 6. The van der Waals surface area contributed by atoms with Gasteiger partial charge >= 0.3 is 5.97 Å². The Balaban J connectivity index is 1.39. The van der Waals surface area contributed by atoms with Crippen molar-refractivity contribution in [2.45, 2.75) is 36.5 Å². The van der Waals surface area contributed by atoms with Gasteiger partial charge in [0.1, 0.15) is 11.5 Å². The molecule has 0 spiro atoms. The highest BCUT2D eigenvalue weighted by atomic mass is 32.2. The average Bonchev–Trinajstić information content (AvgIpc) is 2.93. The number of aromatic carboxylic acids is 1. The van der Waals surface area contributed by atoms with Crippen LogP contribution < -0.4 is 13.8 Å².